The van der Waals surface area contributed by atoms with Gasteiger partial charge < -0.3 is 59.5 Å². The van der Waals surface area contributed by atoms with E-state index < -0.39 is 10.9 Å². The highest BCUT2D eigenvalue weighted by Crippen LogP contribution is 2.38. The molecule has 4 N–H and O–H groups in total. The third-order valence-electron chi connectivity index (χ3n) is 21.1. The van der Waals surface area contributed by atoms with Crippen LogP contribution in [0, 0.1) is 0 Å². The van der Waals surface area contributed by atoms with E-state index in [-0.39, 0.29) is 147 Å². The van der Waals surface area contributed by atoms with Crippen LogP contribution < -0.4 is 61.9 Å². The number of fused-ring (bicyclic) bond motifs is 3. The summed E-state index contributed by atoms with van der Waals surface area (Å²) in [6, 6.07) is 92.0. The van der Waals surface area contributed by atoms with Gasteiger partial charge >= 0.3 is 0 Å². The van der Waals surface area contributed by atoms with Crippen LogP contribution in [0.2, 0.25) is 0 Å². The van der Waals surface area contributed by atoms with Gasteiger partial charge in [0.25, 0.3) is 17.7 Å². The molecule has 3 aliphatic heterocycles. The fourth-order valence-electron chi connectivity index (χ4n) is 15.3. The highest BCUT2D eigenvalue weighted by atomic mass is 16.5. The molecular formula is C97H100N12O14. The molecule has 632 valence electrons. The molecule has 3 aliphatic rings. The van der Waals surface area contributed by atoms with Gasteiger partial charge in [-0.15, -0.1) is 0 Å². The number of hydrogen-bond donors (Lipinski definition) is 3. The first-order valence-corrected chi connectivity index (χ1v) is 40.6. The maximum Gasteiger partial charge on any atom is 0.277 e. The number of ether oxygens (including phenoxy) is 6. The number of pyridine rings is 3. The summed E-state index contributed by atoms with van der Waals surface area (Å²) in [5.74, 6) is -1.59. The smallest absolute Gasteiger partial charge is 0.277 e. The Labute approximate surface area is 713 Å². The SMILES string of the molecule is COCCN1CN(C(c2ccccc2)c2ccccc2)n2c(CN)cc(=O)c(OCc3ccccc3)c2C1=O.COCCN1CN(C(c2ccccc2)c2ccccc2)n2c(CNC(C)=O)cc(=O)c(OCc3ccccc3)c2C1=O.COCCN1CN(C(c2ccccc2)c2ccccc2)n2c(CNC(C)=O)cc(=O)c(OCc3ccccc3)c2C1=O. The number of rotatable bonds is 32. The Balaban J connectivity index is 0.000000159. The van der Waals surface area contributed by atoms with Crippen LogP contribution in [0.3, 0.4) is 0 Å². The van der Waals surface area contributed by atoms with Crippen molar-refractivity contribution in [3.05, 3.63) is 406 Å². The molecule has 12 aromatic rings. The van der Waals surface area contributed by atoms with Gasteiger partial charge in [0.05, 0.1) is 68.1 Å². The Morgan fingerprint density at radius 2 is 0.553 bits per heavy atom. The highest BCUT2D eigenvalue weighted by Gasteiger charge is 2.43. The van der Waals surface area contributed by atoms with Gasteiger partial charge in [-0.25, -0.2) is 14.0 Å². The summed E-state index contributed by atoms with van der Waals surface area (Å²) in [5, 5.41) is 11.8. The average molecular weight is 1660 g/mol. The summed E-state index contributed by atoms with van der Waals surface area (Å²) < 4.78 is 39.7. The van der Waals surface area contributed by atoms with Crippen molar-refractivity contribution in [2.24, 2.45) is 5.73 Å². The number of aromatic nitrogens is 3. The molecule has 6 heterocycles. The molecule has 15 rings (SSSR count). The molecule has 0 bridgehead atoms. The van der Waals surface area contributed by atoms with Crippen LogP contribution in [0.1, 0.15) is 131 Å². The van der Waals surface area contributed by atoms with Crippen molar-refractivity contribution in [2.75, 3.05) is 95.8 Å². The Hall–Kier alpha value is -14.2. The molecule has 0 aliphatic carbocycles. The van der Waals surface area contributed by atoms with Gasteiger partial charge in [0.2, 0.25) is 28.1 Å². The number of hydrogen-bond acceptors (Lipinski definition) is 18. The molecule has 0 saturated carbocycles. The summed E-state index contributed by atoms with van der Waals surface area (Å²) in [6.07, 6.45) is 0. The molecule has 5 amide bonds. The van der Waals surface area contributed by atoms with Crippen molar-refractivity contribution < 1.29 is 52.4 Å². The van der Waals surface area contributed by atoms with Crippen LogP contribution in [-0.2, 0) is 63.3 Å². The molecule has 123 heavy (non-hydrogen) atoms. The minimum absolute atomic E-state index is 0.00745. The summed E-state index contributed by atoms with van der Waals surface area (Å²) in [5.41, 5.74) is 15.4. The normalized spacial score (nSPS) is 12.9. The first-order valence-electron chi connectivity index (χ1n) is 40.6. The van der Waals surface area contributed by atoms with E-state index in [4.69, 9.17) is 34.2 Å². The fourth-order valence-corrected chi connectivity index (χ4v) is 15.3. The van der Waals surface area contributed by atoms with Crippen LogP contribution in [0.5, 0.6) is 17.2 Å². The van der Waals surface area contributed by atoms with E-state index >= 15 is 0 Å². The monoisotopic (exact) mass is 1660 g/mol. The third-order valence-corrected chi connectivity index (χ3v) is 21.1. The molecule has 3 aromatic heterocycles. The Morgan fingerprint density at radius 1 is 0.333 bits per heavy atom. The molecule has 0 spiro atoms. The molecule has 0 atom stereocenters. The second kappa shape index (κ2) is 42.2. The Bertz CT molecular complexity index is 5370. The maximum absolute atomic E-state index is 14.2. The largest absolute Gasteiger partial charge is 0.482 e. The van der Waals surface area contributed by atoms with E-state index in [0.717, 1.165) is 50.1 Å². The minimum atomic E-state index is -0.435. The summed E-state index contributed by atoms with van der Waals surface area (Å²) in [6.45, 7) is 6.00. The molecule has 9 aromatic carbocycles. The van der Waals surface area contributed by atoms with Crippen molar-refractivity contribution in [2.45, 2.75) is 71.4 Å². The molecular weight excluding hydrogens is 1560 g/mol. The van der Waals surface area contributed by atoms with Gasteiger partial charge in [-0.3, -0.25) is 53.4 Å². The van der Waals surface area contributed by atoms with Crippen LogP contribution >= 0.6 is 0 Å². The molecule has 0 unspecified atom stereocenters. The molecule has 26 nitrogen and oxygen atoms in total. The number of nitrogens with zero attached hydrogens (tertiary/aromatic N) is 9. The third kappa shape index (κ3) is 20.8. The zero-order chi connectivity index (χ0) is 86.1. The van der Waals surface area contributed by atoms with Crippen molar-refractivity contribution in [3.8, 4) is 17.2 Å². The van der Waals surface area contributed by atoms with Crippen molar-refractivity contribution in [3.63, 3.8) is 0 Å². The first-order chi connectivity index (χ1) is 60.1. The van der Waals surface area contributed by atoms with Gasteiger partial charge in [0.1, 0.15) is 39.8 Å². The lowest BCUT2D eigenvalue weighted by Crippen LogP contribution is -2.57. The Morgan fingerprint density at radius 3 is 0.772 bits per heavy atom. The first kappa shape index (κ1) is 86.7. The predicted molar refractivity (Wildman–Crippen MR) is 470 cm³/mol. The van der Waals surface area contributed by atoms with E-state index in [9.17, 15) is 38.4 Å². The number of methoxy groups -OCH3 is 3. The Kier molecular flexibility index (Phi) is 29.7. The topological polar surface area (TPSA) is 276 Å². The average Bonchev–Trinajstić information content (AvgIpc) is 0.742. The number of nitrogens with one attached hydrogen (secondary N) is 2. The number of nitrogens with two attached hydrogens (primary N) is 1. The lowest BCUT2D eigenvalue weighted by molar-refractivity contribution is -0.120. The van der Waals surface area contributed by atoms with Crippen molar-refractivity contribution in [1.82, 2.24) is 39.4 Å². The van der Waals surface area contributed by atoms with Gasteiger partial charge in [-0.1, -0.05) is 273 Å². The quantitative estimate of drug-likeness (QED) is 0.0353. The highest BCUT2D eigenvalue weighted by molar-refractivity contribution is 5.98. The van der Waals surface area contributed by atoms with Crippen LogP contribution in [0.4, 0.5) is 0 Å². The lowest BCUT2D eigenvalue weighted by Gasteiger charge is -2.45. The number of benzene rings is 9. The van der Waals surface area contributed by atoms with Gasteiger partial charge in [-0.2, -0.15) is 0 Å². The minimum Gasteiger partial charge on any atom is -0.482 e. The predicted octanol–water partition coefficient (Wildman–Crippen LogP) is 11.4. The second-order valence-corrected chi connectivity index (χ2v) is 29.4. The maximum atomic E-state index is 14.2. The second-order valence-electron chi connectivity index (χ2n) is 29.4. The zero-order valence-corrected chi connectivity index (χ0v) is 69.4. The van der Waals surface area contributed by atoms with E-state index in [1.807, 2.05) is 259 Å². The van der Waals surface area contributed by atoms with E-state index in [1.165, 1.54) is 32.0 Å². The van der Waals surface area contributed by atoms with E-state index in [0.29, 0.717) is 56.5 Å². The summed E-state index contributed by atoms with van der Waals surface area (Å²) in [7, 11) is 4.77. The zero-order valence-electron chi connectivity index (χ0n) is 69.4. The van der Waals surface area contributed by atoms with Crippen LogP contribution in [-0.4, -0.2) is 139 Å². The lowest BCUT2D eigenvalue weighted by atomic mass is 9.98. The van der Waals surface area contributed by atoms with Crippen LogP contribution in [0.25, 0.3) is 0 Å². The number of amides is 5. The van der Waals surface area contributed by atoms with Crippen molar-refractivity contribution >= 4 is 29.5 Å². The fraction of sp³-hybridized carbons (Fsp3) is 0.237. The van der Waals surface area contributed by atoms with E-state index in [2.05, 4.69) is 39.9 Å². The van der Waals surface area contributed by atoms with Crippen LogP contribution in [0.15, 0.2) is 306 Å². The van der Waals surface area contributed by atoms with Gasteiger partial charge in [-0.05, 0) is 50.1 Å². The van der Waals surface area contributed by atoms with Crippen molar-refractivity contribution in [1.29, 1.82) is 0 Å². The number of carbonyl (C=O) groups is 5. The summed E-state index contributed by atoms with van der Waals surface area (Å²) in [4.78, 5) is 112. The molecule has 0 fully saturated rings. The molecule has 26 heteroatoms. The standard InChI is InChI=1S/2C33H34N4O5.C31H32N4O4/c2*1-24(38)34-21-28-20-29(39)32(42-22-25-12-6-3-7-13-25)31-33(40)35(18-19-41-2)23-36(37(28)31)30(26-14-8-4-9-15-26)27-16-10-5-11-17-27;1-38-18-17-33-22-34(28(24-13-7-3-8-14-24)25-15-9-4-10-16-25)35-26(20-32)19-27(36)30(29(35)31(33)37)39-21-23-11-5-2-6-12-23/h2*3-17,20,30H,18-19,21-23H2,1-2H3,(H,34,38);2-16,19,28H,17-18,20-22,32H2,1H3. The summed E-state index contributed by atoms with van der Waals surface area (Å²) >= 11 is 0. The van der Waals surface area contributed by atoms with Gasteiger partial charge in [0, 0.05) is 79.6 Å². The molecule has 0 radical (unpaired) electrons. The number of carbonyl (C=O) groups excluding carboxylic acids is 5. The van der Waals surface area contributed by atoms with E-state index in [1.54, 1.807) is 50.1 Å². The van der Waals surface area contributed by atoms with Gasteiger partial charge in [0.15, 0.2) is 34.3 Å². The molecule has 0 saturated heterocycles.